The Labute approximate surface area is 69.8 Å². The predicted octanol–water partition coefficient (Wildman–Crippen LogP) is 2.13. The standard InChI is InChI=1S/C10H19N/c1-10(2,3)11-6-8-4-5-9(8)7-11/h8-9H,4-7H2,1-3H3/t8-,9?/m1/s1. The van der Waals surface area contributed by atoms with Crippen molar-refractivity contribution in [2.75, 3.05) is 13.1 Å². The van der Waals surface area contributed by atoms with E-state index < -0.39 is 0 Å². The molecule has 0 N–H and O–H groups in total. The molecule has 0 aromatic carbocycles. The van der Waals surface area contributed by atoms with Gasteiger partial charge in [-0.15, -0.1) is 0 Å². The molecule has 1 aliphatic carbocycles. The maximum atomic E-state index is 2.65. The SMILES string of the molecule is CC(C)(C)N1CC2CC[C@@H]2C1. The van der Waals surface area contributed by atoms with Crippen LogP contribution in [-0.4, -0.2) is 23.5 Å². The summed E-state index contributed by atoms with van der Waals surface area (Å²) in [5, 5.41) is 0. The summed E-state index contributed by atoms with van der Waals surface area (Å²) < 4.78 is 0. The first-order valence-corrected chi connectivity index (χ1v) is 4.82. The first-order chi connectivity index (χ1) is 5.07. The molecule has 2 aliphatic rings. The molecule has 2 rings (SSSR count). The molecule has 0 aromatic rings. The minimum atomic E-state index is 0.414. The third-order valence-electron chi connectivity index (χ3n) is 3.43. The highest BCUT2D eigenvalue weighted by Crippen LogP contribution is 2.42. The molecule has 64 valence electrons. The summed E-state index contributed by atoms with van der Waals surface area (Å²) in [5.74, 6) is 2.13. The Morgan fingerprint density at radius 2 is 1.45 bits per heavy atom. The van der Waals surface area contributed by atoms with Crippen LogP contribution in [0, 0.1) is 11.8 Å². The van der Waals surface area contributed by atoms with Gasteiger partial charge in [0.05, 0.1) is 0 Å². The van der Waals surface area contributed by atoms with Crippen LogP contribution in [0.5, 0.6) is 0 Å². The van der Waals surface area contributed by atoms with Crippen LogP contribution in [0.15, 0.2) is 0 Å². The van der Waals surface area contributed by atoms with Gasteiger partial charge >= 0.3 is 0 Å². The summed E-state index contributed by atoms with van der Waals surface area (Å²) in [6.07, 6.45) is 2.99. The van der Waals surface area contributed by atoms with E-state index in [2.05, 4.69) is 25.7 Å². The van der Waals surface area contributed by atoms with Gasteiger partial charge in [-0.1, -0.05) is 0 Å². The minimum absolute atomic E-state index is 0.414. The van der Waals surface area contributed by atoms with E-state index in [0.29, 0.717) is 5.54 Å². The Balaban J connectivity index is 1.98. The lowest BCUT2D eigenvalue weighted by Crippen LogP contribution is -2.39. The zero-order valence-corrected chi connectivity index (χ0v) is 7.93. The molecule has 0 bridgehead atoms. The molecule has 1 heteroatoms. The molecule has 2 atom stereocenters. The lowest BCUT2D eigenvalue weighted by Gasteiger charge is -2.31. The number of likely N-dealkylation sites (tertiary alicyclic amines) is 1. The lowest BCUT2D eigenvalue weighted by molar-refractivity contribution is 0.169. The second-order valence-electron chi connectivity index (χ2n) is 5.17. The lowest BCUT2D eigenvalue weighted by atomic mass is 9.77. The van der Waals surface area contributed by atoms with Crippen LogP contribution in [0.4, 0.5) is 0 Å². The predicted molar refractivity (Wildman–Crippen MR) is 47.5 cm³/mol. The Morgan fingerprint density at radius 3 is 1.73 bits per heavy atom. The van der Waals surface area contributed by atoms with Gasteiger partial charge in [-0.25, -0.2) is 0 Å². The van der Waals surface area contributed by atoms with E-state index >= 15 is 0 Å². The van der Waals surface area contributed by atoms with Gasteiger partial charge in [0.2, 0.25) is 0 Å². The number of rotatable bonds is 0. The molecule has 1 heterocycles. The van der Waals surface area contributed by atoms with Crippen LogP contribution in [-0.2, 0) is 0 Å². The van der Waals surface area contributed by atoms with Gasteiger partial charge in [-0.2, -0.15) is 0 Å². The minimum Gasteiger partial charge on any atom is -0.298 e. The zero-order valence-electron chi connectivity index (χ0n) is 7.93. The molecule has 2 fully saturated rings. The second-order valence-corrected chi connectivity index (χ2v) is 5.17. The Hall–Kier alpha value is -0.0400. The Kier molecular flexibility index (Phi) is 1.54. The van der Waals surface area contributed by atoms with Gasteiger partial charge in [0.1, 0.15) is 0 Å². The van der Waals surface area contributed by atoms with Crippen molar-refractivity contribution in [3.05, 3.63) is 0 Å². The topological polar surface area (TPSA) is 3.24 Å². The van der Waals surface area contributed by atoms with Crippen molar-refractivity contribution >= 4 is 0 Å². The number of fused-ring (bicyclic) bond motifs is 1. The van der Waals surface area contributed by atoms with Crippen molar-refractivity contribution in [1.29, 1.82) is 0 Å². The fourth-order valence-corrected chi connectivity index (χ4v) is 2.31. The van der Waals surface area contributed by atoms with E-state index in [1.165, 1.54) is 25.9 Å². The quantitative estimate of drug-likeness (QED) is 0.515. The molecule has 11 heavy (non-hydrogen) atoms. The average molecular weight is 153 g/mol. The molecule has 1 nitrogen and oxygen atoms in total. The average Bonchev–Trinajstić information content (AvgIpc) is 2.06. The van der Waals surface area contributed by atoms with E-state index in [4.69, 9.17) is 0 Å². The van der Waals surface area contributed by atoms with Gasteiger partial charge in [0, 0.05) is 18.6 Å². The smallest absolute Gasteiger partial charge is 0.0125 e. The van der Waals surface area contributed by atoms with Gasteiger partial charge < -0.3 is 0 Å². The third kappa shape index (κ3) is 1.20. The second kappa shape index (κ2) is 2.22. The fourth-order valence-electron chi connectivity index (χ4n) is 2.31. The van der Waals surface area contributed by atoms with Crippen LogP contribution in [0.2, 0.25) is 0 Å². The highest BCUT2D eigenvalue weighted by atomic mass is 15.2. The highest BCUT2D eigenvalue weighted by molar-refractivity contribution is 4.95. The van der Waals surface area contributed by atoms with Gasteiger partial charge in [0.15, 0.2) is 0 Å². The largest absolute Gasteiger partial charge is 0.298 e. The number of nitrogens with zero attached hydrogens (tertiary/aromatic N) is 1. The maximum absolute atomic E-state index is 2.65. The van der Waals surface area contributed by atoms with E-state index in [9.17, 15) is 0 Å². The fraction of sp³-hybridized carbons (Fsp3) is 1.00. The van der Waals surface area contributed by atoms with E-state index in [1.54, 1.807) is 0 Å². The molecule has 1 unspecified atom stereocenters. The van der Waals surface area contributed by atoms with Crippen LogP contribution < -0.4 is 0 Å². The first-order valence-electron chi connectivity index (χ1n) is 4.82. The van der Waals surface area contributed by atoms with Crippen LogP contribution in [0.1, 0.15) is 33.6 Å². The highest BCUT2D eigenvalue weighted by Gasteiger charge is 2.42. The normalized spacial score (nSPS) is 38.5. The first kappa shape index (κ1) is 7.60. The van der Waals surface area contributed by atoms with Crippen molar-refractivity contribution in [3.63, 3.8) is 0 Å². The van der Waals surface area contributed by atoms with Crippen LogP contribution >= 0.6 is 0 Å². The molecule has 0 aromatic heterocycles. The third-order valence-corrected chi connectivity index (χ3v) is 3.43. The van der Waals surface area contributed by atoms with E-state index in [1.807, 2.05) is 0 Å². The molecule has 1 saturated carbocycles. The van der Waals surface area contributed by atoms with Crippen molar-refractivity contribution in [1.82, 2.24) is 4.90 Å². The molecular weight excluding hydrogens is 134 g/mol. The molecule has 1 saturated heterocycles. The Morgan fingerprint density at radius 1 is 1.00 bits per heavy atom. The van der Waals surface area contributed by atoms with Crippen LogP contribution in [0.3, 0.4) is 0 Å². The molecule has 0 spiro atoms. The Bertz CT molecular complexity index is 145. The summed E-state index contributed by atoms with van der Waals surface area (Å²) in [7, 11) is 0. The monoisotopic (exact) mass is 153 g/mol. The summed E-state index contributed by atoms with van der Waals surface area (Å²) >= 11 is 0. The van der Waals surface area contributed by atoms with Crippen molar-refractivity contribution < 1.29 is 0 Å². The zero-order chi connectivity index (χ0) is 8.06. The van der Waals surface area contributed by atoms with Crippen molar-refractivity contribution in [3.8, 4) is 0 Å². The summed E-state index contributed by atoms with van der Waals surface area (Å²) in [6.45, 7) is 9.73. The number of hydrogen-bond acceptors (Lipinski definition) is 1. The number of hydrogen-bond donors (Lipinski definition) is 0. The van der Waals surface area contributed by atoms with Gasteiger partial charge in [-0.05, 0) is 45.4 Å². The van der Waals surface area contributed by atoms with Gasteiger partial charge in [0.25, 0.3) is 0 Å². The molecule has 0 radical (unpaired) electrons. The summed E-state index contributed by atoms with van der Waals surface area (Å²) in [4.78, 5) is 2.65. The molecule has 1 aliphatic heterocycles. The molecular formula is C10H19N. The summed E-state index contributed by atoms with van der Waals surface area (Å²) in [5.41, 5.74) is 0.414. The summed E-state index contributed by atoms with van der Waals surface area (Å²) in [6, 6.07) is 0. The van der Waals surface area contributed by atoms with Crippen molar-refractivity contribution in [2.24, 2.45) is 11.8 Å². The van der Waals surface area contributed by atoms with E-state index in [-0.39, 0.29) is 0 Å². The van der Waals surface area contributed by atoms with Crippen LogP contribution in [0.25, 0.3) is 0 Å². The van der Waals surface area contributed by atoms with E-state index in [0.717, 1.165) is 11.8 Å². The maximum Gasteiger partial charge on any atom is 0.0125 e. The molecule has 0 amide bonds. The van der Waals surface area contributed by atoms with Crippen molar-refractivity contribution in [2.45, 2.75) is 39.2 Å². The van der Waals surface area contributed by atoms with Gasteiger partial charge in [-0.3, -0.25) is 4.90 Å².